The summed E-state index contributed by atoms with van der Waals surface area (Å²) >= 11 is 0. The number of sulfonamides is 1. The summed E-state index contributed by atoms with van der Waals surface area (Å²) in [6.07, 6.45) is 5.69. The quantitative estimate of drug-likeness (QED) is 0.235. The van der Waals surface area contributed by atoms with Crippen molar-refractivity contribution < 1.29 is 17.6 Å². The summed E-state index contributed by atoms with van der Waals surface area (Å²) in [5, 5.41) is 17.3. The van der Waals surface area contributed by atoms with Crippen LogP contribution in [0.1, 0.15) is 31.6 Å². The van der Waals surface area contributed by atoms with Crippen LogP contribution < -0.4 is 5.32 Å². The van der Waals surface area contributed by atoms with Gasteiger partial charge in [0.1, 0.15) is 23.1 Å². The van der Waals surface area contributed by atoms with E-state index in [1.54, 1.807) is 51.6 Å². The minimum absolute atomic E-state index is 0.120. The Balaban J connectivity index is 1.53. The van der Waals surface area contributed by atoms with Crippen LogP contribution in [-0.2, 0) is 21.4 Å². The average Bonchev–Trinajstić information content (AvgIpc) is 3.65. The summed E-state index contributed by atoms with van der Waals surface area (Å²) in [6, 6.07) is 21.5. The van der Waals surface area contributed by atoms with Gasteiger partial charge in [0.15, 0.2) is 0 Å². The van der Waals surface area contributed by atoms with Gasteiger partial charge in [0.2, 0.25) is 10.0 Å². The fourth-order valence-corrected chi connectivity index (χ4v) is 6.89. The molecule has 0 aliphatic carbocycles. The van der Waals surface area contributed by atoms with Crippen molar-refractivity contribution in [1.82, 2.24) is 19.4 Å². The standard InChI is InChI=1S/C31H31N5O4S/c1-22-14-23(2)20-35(19-22)41(38,39)29-12-6-8-24(16-29)30-26(21-36(34-30)27-9-4-3-5-10-27)15-25(17-32)31(37)33-18-28-11-7-13-40-28/h3-13,15-16,21-23H,14,18-20H2,1-2H3,(H,33,37). The number of hydrogen-bond donors (Lipinski definition) is 1. The number of aromatic nitrogens is 2. The van der Waals surface area contributed by atoms with Crippen LogP contribution in [0.4, 0.5) is 0 Å². The Hall–Kier alpha value is -4.46. The van der Waals surface area contributed by atoms with Crippen LogP contribution >= 0.6 is 0 Å². The van der Waals surface area contributed by atoms with Crippen LogP contribution in [0.15, 0.2) is 94.1 Å². The highest BCUT2D eigenvalue weighted by molar-refractivity contribution is 7.89. The summed E-state index contributed by atoms with van der Waals surface area (Å²) in [4.78, 5) is 13.0. The monoisotopic (exact) mass is 569 g/mol. The van der Waals surface area contributed by atoms with Gasteiger partial charge in [-0.05, 0) is 60.7 Å². The Bertz CT molecular complexity index is 1690. The fraction of sp³-hybridized carbons (Fsp3) is 0.258. The number of carbonyl (C=O) groups is 1. The van der Waals surface area contributed by atoms with E-state index in [9.17, 15) is 18.5 Å². The van der Waals surface area contributed by atoms with E-state index in [4.69, 9.17) is 9.52 Å². The Morgan fingerprint density at radius 3 is 2.54 bits per heavy atom. The lowest BCUT2D eigenvalue weighted by molar-refractivity contribution is -0.117. The van der Waals surface area contributed by atoms with Gasteiger partial charge >= 0.3 is 0 Å². The molecule has 5 rings (SSSR count). The molecule has 2 unspecified atom stereocenters. The molecule has 2 atom stereocenters. The Morgan fingerprint density at radius 2 is 1.85 bits per heavy atom. The molecule has 3 heterocycles. The topological polar surface area (TPSA) is 121 Å². The first-order valence-corrected chi connectivity index (χ1v) is 14.9. The van der Waals surface area contributed by atoms with E-state index in [0.29, 0.717) is 35.7 Å². The molecule has 2 aromatic carbocycles. The molecule has 10 heteroatoms. The van der Waals surface area contributed by atoms with Crippen LogP contribution in [0.3, 0.4) is 0 Å². The highest BCUT2D eigenvalue weighted by atomic mass is 32.2. The van der Waals surface area contributed by atoms with Gasteiger partial charge in [-0.2, -0.15) is 14.7 Å². The van der Waals surface area contributed by atoms with E-state index < -0.39 is 15.9 Å². The zero-order valence-corrected chi connectivity index (χ0v) is 23.7. The first kappa shape index (κ1) is 28.1. The maximum atomic E-state index is 13.6. The number of carbonyl (C=O) groups excluding carboxylic acids is 1. The van der Waals surface area contributed by atoms with Gasteiger partial charge in [-0.25, -0.2) is 13.1 Å². The number of furan rings is 1. The van der Waals surface area contributed by atoms with Gasteiger partial charge < -0.3 is 9.73 Å². The summed E-state index contributed by atoms with van der Waals surface area (Å²) in [5.74, 6) is 0.549. The van der Waals surface area contributed by atoms with Crippen LogP contribution in [0.2, 0.25) is 0 Å². The summed E-state index contributed by atoms with van der Waals surface area (Å²) in [6.45, 7) is 5.23. The summed E-state index contributed by atoms with van der Waals surface area (Å²) in [5.41, 5.74) is 2.14. The molecule has 1 aliphatic heterocycles. The number of piperidine rings is 1. The first-order valence-electron chi connectivity index (χ1n) is 13.4. The normalized spacial score (nSPS) is 18.1. The lowest BCUT2D eigenvalue weighted by Gasteiger charge is -2.34. The maximum absolute atomic E-state index is 13.6. The average molecular weight is 570 g/mol. The SMILES string of the molecule is CC1CC(C)CN(S(=O)(=O)c2cccc(-c3nn(-c4ccccc4)cc3C=C(C#N)C(=O)NCc3ccco3)c2)C1. The van der Waals surface area contributed by atoms with Gasteiger partial charge in [0.25, 0.3) is 5.91 Å². The van der Waals surface area contributed by atoms with Crippen LogP contribution in [0.25, 0.3) is 23.0 Å². The fourth-order valence-electron chi connectivity index (χ4n) is 5.17. The van der Waals surface area contributed by atoms with E-state index in [1.165, 1.54) is 12.3 Å². The smallest absolute Gasteiger partial charge is 0.262 e. The van der Waals surface area contributed by atoms with Gasteiger partial charge in [-0.15, -0.1) is 0 Å². The third-order valence-electron chi connectivity index (χ3n) is 7.01. The van der Waals surface area contributed by atoms with Crippen molar-refractivity contribution in [3.8, 4) is 23.0 Å². The zero-order valence-electron chi connectivity index (χ0n) is 22.9. The molecule has 41 heavy (non-hydrogen) atoms. The van der Waals surface area contributed by atoms with Gasteiger partial charge in [0, 0.05) is 30.4 Å². The van der Waals surface area contributed by atoms with E-state index in [1.807, 2.05) is 36.4 Å². The van der Waals surface area contributed by atoms with Crippen molar-refractivity contribution in [2.24, 2.45) is 11.8 Å². The third kappa shape index (κ3) is 6.32. The molecule has 9 nitrogen and oxygen atoms in total. The molecule has 1 saturated heterocycles. The van der Waals surface area contributed by atoms with E-state index in [2.05, 4.69) is 19.2 Å². The molecule has 1 N–H and O–H groups in total. The molecule has 4 aromatic rings. The lowest BCUT2D eigenvalue weighted by Crippen LogP contribution is -2.42. The highest BCUT2D eigenvalue weighted by Gasteiger charge is 2.32. The molecule has 0 saturated carbocycles. The molecule has 2 aromatic heterocycles. The molecule has 1 fully saturated rings. The van der Waals surface area contributed by atoms with Crippen molar-refractivity contribution in [2.45, 2.75) is 31.7 Å². The lowest BCUT2D eigenvalue weighted by atomic mass is 9.94. The predicted octanol–water partition coefficient (Wildman–Crippen LogP) is 5.02. The maximum Gasteiger partial charge on any atom is 0.262 e. The molecule has 0 spiro atoms. The Morgan fingerprint density at radius 1 is 1.10 bits per heavy atom. The number of nitriles is 1. The Labute approximate surface area is 239 Å². The largest absolute Gasteiger partial charge is 0.467 e. The molecule has 210 valence electrons. The molecule has 1 amide bonds. The minimum atomic E-state index is -3.73. The second-order valence-electron chi connectivity index (χ2n) is 10.4. The summed E-state index contributed by atoms with van der Waals surface area (Å²) in [7, 11) is -3.73. The first-order chi connectivity index (χ1) is 19.7. The second kappa shape index (κ2) is 12.0. The van der Waals surface area contributed by atoms with Crippen molar-refractivity contribution in [1.29, 1.82) is 5.26 Å². The van der Waals surface area contributed by atoms with E-state index in [-0.39, 0.29) is 28.8 Å². The number of benzene rings is 2. The molecule has 0 bridgehead atoms. The van der Waals surface area contributed by atoms with Crippen LogP contribution in [-0.4, -0.2) is 41.5 Å². The van der Waals surface area contributed by atoms with Crippen molar-refractivity contribution in [3.05, 3.63) is 96.1 Å². The van der Waals surface area contributed by atoms with Crippen molar-refractivity contribution in [2.75, 3.05) is 13.1 Å². The minimum Gasteiger partial charge on any atom is -0.467 e. The van der Waals surface area contributed by atoms with Gasteiger partial charge in [0.05, 0.1) is 23.4 Å². The van der Waals surface area contributed by atoms with E-state index in [0.717, 1.165) is 12.1 Å². The molecule has 1 aliphatic rings. The number of nitrogens with one attached hydrogen (secondary N) is 1. The number of nitrogens with zero attached hydrogens (tertiary/aromatic N) is 4. The number of hydrogen-bond acceptors (Lipinski definition) is 6. The van der Waals surface area contributed by atoms with Gasteiger partial charge in [-0.1, -0.05) is 44.2 Å². The molecular weight excluding hydrogens is 538 g/mol. The Kier molecular flexibility index (Phi) is 8.19. The van der Waals surface area contributed by atoms with Crippen molar-refractivity contribution >= 4 is 22.0 Å². The van der Waals surface area contributed by atoms with Crippen LogP contribution in [0, 0.1) is 23.2 Å². The van der Waals surface area contributed by atoms with Crippen molar-refractivity contribution in [3.63, 3.8) is 0 Å². The predicted molar refractivity (Wildman–Crippen MR) is 155 cm³/mol. The van der Waals surface area contributed by atoms with E-state index >= 15 is 0 Å². The highest BCUT2D eigenvalue weighted by Crippen LogP contribution is 2.31. The summed E-state index contributed by atoms with van der Waals surface area (Å²) < 4.78 is 35.7. The molecular formula is C31H31N5O4S. The number of para-hydroxylation sites is 1. The number of amides is 1. The second-order valence-corrected chi connectivity index (χ2v) is 12.4. The van der Waals surface area contributed by atoms with Crippen LogP contribution in [0.5, 0.6) is 0 Å². The molecule has 0 radical (unpaired) electrons. The third-order valence-corrected chi connectivity index (χ3v) is 8.84. The zero-order chi connectivity index (χ0) is 29.0. The van der Waals surface area contributed by atoms with Gasteiger partial charge in [-0.3, -0.25) is 4.79 Å². The number of rotatable bonds is 8.